The van der Waals surface area contributed by atoms with Gasteiger partial charge in [0.25, 0.3) is 0 Å². The average molecular weight is 353 g/mol. The van der Waals surface area contributed by atoms with Gasteiger partial charge in [-0.2, -0.15) is 0 Å². The first-order chi connectivity index (χ1) is 12.3. The zero-order valence-corrected chi connectivity index (χ0v) is 15.9. The summed E-state index contributed by atoms with van der Waals surface area (Å²) in [6, 6.07) is 0. The molecular formula is C21H36O4. The molecule has 1 aliphatic heterocycles. The zero-order chi connectivity index (χ0) is 18.0. The Morgan fingerprint density at radius 1 is 1.00 bits per heavy atom. The Morgan fingerprint density at radius 3 is 2.52 bits per heavy atom. The maximum atomic E-state index is 11.0. The summed E-state index contributed by atoms with van der Waals surface area (Å²) in [4.78, 5) is 11.0. The zero-order valence-electron chi connectivity index (χ0n) is 15.9. The number of hydrogen-bond donors (Lipinski definition) is 0. The highest BCUT2D eigenvalue weighted by atomic mass is 16.7. The van der Waals surface area contributed by atoms with Gasteiger partial charge >= 0.3 is 5.97 Å². The van der Waals surface area contributed by atoms with Crippen molar-refractivity contribution in [3.8, 4) is 0 Å². The molecule has 0 N–H and O–H groups in total. The SMILES string of the molecule is COC(=O)CCCCCCC/C=C\C/C=C\CCOC1CCCCO1. The predicted octanol–water partition coefficient (Wildman–Crippen LogP) is 5.33. The van der Waals surface area contributed by atoms with Crippen LogP contribution in [0, 0.1) is 0 Å². The van der Waals surface area contributed by atoms with Crippen molar-refractivity contribution in [2.45, 2.75) is 83.3 Å². The molecule has 4 heteroatoms. The Labute approximate surface area is 153 Å². The Hall–Kier alpha value is -1.13. The monoisotopic (exact) mass is 352 g/mol. The van der Waals surface area contributed by atoms with Crippen LogP contribution in [0.1, 0.15) is 77.0 Å². The molecule has 0 aromatic heterocycles. The number of methoxy groups -OCH3 is 1. The highest BCUT2D eigenvalue weighted by Gasteiger charge is 2.12. The minimum Gasteiger partial charge on any atom is -0.469 e. The molecule has 1 heterocycles. The lowest BCUT2D eigenvalue weighted by Crippen LogP contribution is -2.22. The Morgan fingerprint density at radius 2 is 1.76 bits per heavy atom. The van der Waals surface area contributed by atoms with Crippen molar-refractivity contribution >= 4 is 5.97 Å². The van der Waals surface area contributed by atoms with Crippen LogP contribution in [0.2, 0.25) is 0 Å². The molecule has 1 saturated heterocycles. The number of ether oxygens (including phenoxy) is 3. The van der Waals surface area contributed by atoms with E-state index in [1.807, 2.05) is 0 Å². The second-order valence-electron chi connectivity index (χ2n) is 6.52. The van der Waals surface area contributed by atoms with Gasteiger partial charge in [-0.3, -0.25) is 4.79 Å². The first-order valence-corrected chi connectivity index (χ1v) is 9.93. The van der Waals surface area contributed by atoms with Crippen molar-refractivity contribution in [3.63, 3.8) is 0 Å². The first kappa shape index (κ1) is 21.9. The Balaban J connectivity index is 1.80. The smallest absolute Gasteiger partial charge is 0.305 e. The minimum absolute atomic E-state index is 0.0301. The van der Waals surface area contributed by atoms with Crippen LogP contribution >= 0.6 is 0 Å². The number of carbonyl (C=O) groups excluding carboxylic acids is 1. The van der Waals surface area contributed by atoms with Gasteiger partial charge in [0.1, 0.15) is 0 Å². The average Bonchev–Trinajstić information content (AvgIpc) is 2.65. The van der Waals surface area contributed by atoms with E-state index in [1.165, 1.54) is 39.2 Å². The first-order valence-electron chi connectivity index (χ1n) is 9.93. The fourth-order valence-electron chi connectivity index (χ4n) is 2.78. The third-order valence-electron chi connectivity index (χ3n) is 4.31. The topological polar surface area (TPSA) is 44.8 Å². The molecule has 0 aromatic rings. The van der Waals surface area contributed by atoms with E-state index in [0.717, 1.165) is 51.7 Å². The molecule has 1 fully saturated rings. The summed E-state index contributed by atoms with van der Waals surface area (Å²) in [7, 11) is 1.45. The fraction of sp³-hybridized carbons (Fsp3) is 0.762. The van der Waals surface area contributed by atoms with Crippen LogP contribution in [0.5, 0.6) is 0 Å². The molecule has 25 heavy (non-hydrogen) atoms. The lowest BCUT2D eigenvalue weighted by molar-refractivity contribution is -0.161. The van der Waals surface area contributed by atoms with Crippen LogP contribution in [-0.4, -0.2) is 32.6 Å². The largest absolute Gasteiger partial charge is 0.469 e. The number of carbonyl (C=O) groups is 1. The maximum absolute atomic E-state index is 11.0. The second kappa shape index (κ2) is 16.3. The number of allylic oxidation sites excluding steroid dienone is 3. The van der Waals surface area contributed by atoms with E-state index >= 15 is 0 Å². The lowest BCUT2D eigenvalue weighted by atomic mass is 10.1. The second-order valence-corrected chi connectivity index (χ2v) is 6.52. The predicted molar refractivity (Wildman–Crippen MR) is 101 cm³/mol. The third kappa shape index (κ3) is 13.8. The van der Waals surface area contributed by atoms with Crippen molar-refractivity contribution in [3.05, 3.63) is 24.3 Å². The maximum Gasteiger partial charge on any atom is 0.305 e. The summed E-state index contributed by atoms with van der Waals surface area (Å²) in [6.45, 7) is 1.60. The standard InChI is InChI=1S/C21H36O4/c1-23-20(22)16-12-10-8-6-4-2-3-5-7-9-11-14-18-24-21-17-13-15-19-25-21/h3,5,9,11,21H,2,4,6-8,10,12-19H2,1H3/b5-3-,11-9-. The van der Waals surface area contributed by atoms with Gasteiger partial charge in [-0.25, -0.2) is 0 Å². The van der Waals surface area contributed by atoms with E-state index in [0.29, 0.717) is 6.42 Å². The molecule has 0 bridgehead atoms. The van der Waals surface area contributed by atoms with Crippen molar-refractivity contribution in [1.29, 1.82) is 0 Å². The van der Waals surface area contributed by atoms with E-state index in [4.69, 9.17) is 9.47 Å². The van der Waals surface area contributed by atoms with E-state index in [2.05, 4.69) is 29.0 Å². The molecule has 0 spiro atoms. The number of unbranched alkanes of at least 4 members (excludes halogenated alkanes) is 5. The van der Waals surface area contributed by atoms with Crippen molar-refractivity contribution in [2.75, 3.05) is 20.3 Å². The highest BCUT2D eigenvalue weighted by Crippen LogP contribution is 2.13. The summed E-state index contributed by atoms with van der Waals surface area (Å²) in [6.07, 6.45) is 21.8. The van der Waals surface area contributed by atoms with Crippen molar-refractivity contribution in [1.82, 2.24) is 0 Å². The van der Waals surface area contributed by atoms with Gasteiger partial charge in [0.15, 0.2) is 6.29 Å². The molecule has 1 unspecified atom stereocenters. The molecule has 1 aliphatic rings. The van der Waals surface area contributed by atoms with E-state index in [1.54, 1.807) is 0 Å². The lowest BCUT2D eigenvalue weighted by Gasteiger charge is -2.22. The van der Waals surface area contributed by atoms with E-state index < -0.39 is 0 Å². The molecule has 144 valence electrons. The van der Waals surface area contributed by atoms with Crippen molar-refractivity contribution in [2.24, 2.45) is 0 Å². The molecular weight excluding hydrogens is 316 g/mol. The third-order valence-corrected chi connectivity index (χ3v) is 4.31. The van der Waals surface area contributed by atoms with Gasteiger partial charge in [-0.05, 0) is 51.4 Å². The molecule has 4 nitrogen and oxygen atoms in total. The molecule has 0 aliphatic carbocycles. The van der Waals surface area contributed by atoms with Crippen molar-refractivity contribution < 1.29 is 19.0 Å². The molecule has 0 amide bonds. The van der Waals surface area contributed by atoms with Gasteiger partial charge in [-0.15, -0.1) is 0 Å². The summed E-state index contributed by atoms with van der Waals surface area (Å²) >= 11 is 0. The summed E-state index contributed by atoms with van der Waals surface area (Å²) in [5, 5.41) is 0. The molecule has 0 aromatic carbocycles. The quantitative estimate of drug-likeness (QED) is 0.241. The summed E-state index contributed by atoms with van der Waals surface area (Å²) in [5.74, 6) is -0.0927. The van der Waals surface area contributed by atoms with Gasteiger partial charge in [0.05, 0.1) is 13.7 Å². The van der Waals surface area contributed by atoms with Crippen LogP contribution in [0.4, 0.5) is 0 Å². The van der Waals surface area contributed by atoms with E-state index in [-0.39, 0.29) is 12.3 Å². The van der Waals surface area contributed by atoms with Gasteiger partial charge in [-0.1, -0.05) is 43.6 Å². The Bertz CT molecular complexity index is 370. The van der Waals surface area contributed by atoms with Gasteiger partial charge in [0.2, 0.25) is 0 Å². The Kier molecular flexibility index (Phi) is 14.3. The van der Waals surface area contributed by atoms with E-state index in [9.17, 15) is 4.79 Å². The normalized spacial score (nSPS) is 18.2. The van der Waals surface area contributed by atoms with Gasteiger partial charge in [0, 0.05) is 13.0 Å². The van der Waals surface area contributed by atoms with Crippen LogP contribution in [-0.2, 0) is 19.0 Å². The fourth-order valence-corrected chi connectivity index (χ4v) is 2.78. The highest BCUT2D eigenvalue weighted by molar-refractivity contribution is 5.68. The number of rotatable bonds is 14. The molecule has 1 rings (SSSR count). The number of esters is 1. The summed E-state index contributed by atoms with van der Waals surface area (Å²) < 4.78 is 15.8. The van der Waals surface area contributed by atoms with Crippen LogP contribution in [0.3, 0.4) is 0 Å². The van der Waals surface area contributed by atoms with Crippen LogP contribution in [0.15, 0.2) is 24.3 Å². The molecule has 0 radical (unpaired) electrons. The molecule has 1 atom stereocenters. The van der Waals surface area contributed by atoms with Crippen LogP contribution < -0.4 is 0 Å². The molecule has 0 saturated carbocycles. The van der Waals surface area contributed by atoms with Gasteiger partial charge < -0.3 is 14.2 Å². The number of hydrogen-bond acceptors (Lipinski definition) is 4. The summed E-state index contributed by atoms with van der Waals surface area (Å²) in [5.41, 5.74) is 0. The van der Waals surface area contributed by atoms with Crippen LogP contribution in [0.25, 0.3) is 0 Å². The minimum atomic E-state index is -0.0927.